The highest BCUT2D eigenvalue weighted by Crippen LogP contribution is 2.49. The number of ether oxygens (including phenoxy) is 1. The molecule has 4 rings (SSSR count). The van der Waals surface area contributed by atoms with Crippen LogP contribution in [0.1, 0.15) is 49.0 Å². The van der Waals surface area contributed by atoms with Gasteiger partial charge in [0.25, 0.3) is 0 Å². The molecule has 2 aliphatic heterocycles. The Morgan fingerprint density at radius 3 is 2.67 bits per heavy atom. The number of β-amino-alcohol motifs (C(OH)–C–C–N with tert-alkyl or cyclic N) is 1. The molecule has 8 heteroatoms. The van der Waals surface area contributed by atoms with E-state index in [0.717, 1.165) is 23.3 Å². The van der Waals surface area contributed by atoms with Gasteiger partial charge in [-0.1, -0.05) is 37.6 Å². The van der Waals surface area contributed by atoms with Crippen LogP contribution < -0.4 is 15.6 Å². The van der Waals surface area contributed by atoms with Crippen LogP contribution in [-0.2, 0) is 4.79 Å². The first-order chi connectivity index (χ1) is 15.8. The van der Waals surface area contributed by atoms with Gasteiger partial charge in [-0.25, -0.2) is 10.9 Å². The first kappa shape index (κ1) is 23.8. The van der Waals surface area contributed by atoms with Crippen molar-refractivity contribution in [2.24, 2.45) is 11.8 Å². The van der Waals surface area contributed by atoms with Gasteiger partial charge in [-0.3, -0.25) is 4.79 Å². The zero-order chi connectivity index (χ0) is 23.7. The molecule has 0 spiro atoms. The molecule has 0 radical (unpaired) electrons. The third-order valence-electron chi connectivity index (χ3n) is 6.56. The molecule has 0 aliphatic carbocycles. The second-order valence-electron chi connectivity index (χ2n) is 9.29. The van der Waals surface area contributed by atoms with Gasteiger partial charge in [-0.15, -0.1) is 0 Å². The molecule has 33 heavy (non-hydrogen) atoms. The summed E-state index contributed by atoms with van der Waals surface area (Å²) in [5.74, 6) is 1.13. The number of aliphatic hydroxyl groups excluding tert-OH is 1. The first-order valence-corrected chi connectivity index (χ1v) is 11.8. The highest BCUT2D eigenvalue weighted by Gasteiger charge is 2.55. The molecule has 2 saturated heterocycles. The second-order valence-corrected chi connectivity index (χ2v) is 9.69. The van der Waals surface area contributed by atoms with Gasteiger partial charge in [0.2, 0.25) is 5.91 Å². The summed E-state index contributed by atoms with van der Waals surface area (Å²) < 4.78 is 5.97. The number of hydrogen-bond acceptors (Lipinski definition) is 6. The Bertz CT molecular complexity index is 1020. The number of likely N-dealkylation sites (tertiary alicyclic amines) is 1. The van der Waals surface area contributed by atoms with Crippen molar-refractivity contribution in [3.63, 3.8) is 0 Å². The number of benzene rings is 2. The summed E-state index contributed by atoms with van der Waals surface area (Å²) in [6.45, 7) is 6.87. The number of fused-ring (bicyclic) bond motifs is 1. The zero-order valence-corrected chi connectivity index (χ0v) is 20.0. The van der Waals surface area contributed by atoms with E-state index in [1.54, 1.807) is 17.0 Å². The molecule has 2 aromatic carbocycles. The van der Waals surface area contributed by atoms with Crippen LogP contribution in [0, 0.1) is 18.8 Å². The fourth-order valence-corrected chi connectivity index (χ4v) is 5.03. The van der Waals surface area contributed by atoms with Crippen LogP contribution >= 0.6 is 11.6 Å². The Morgan fingerprint density at radius 1 is 1.18 bits per heavy atom. The molecule has 0 aromatic heterocycles. The molecule has 2 aromatic rings. The van der Waals surface area contributed by atoms with Crippen LogP contribution in [0.25, 0.3) is 0 Å². The van der Waals surface area contributed by atoms with Crippen molar-refractivity contribution in [1.82, 2.24) is 15.8 Å². The van der Waals surface area contributed by atoms with Crippen molar-refractivity contribution >= 4 is 17.5 Å². The number of nitrogens with one attached hydrogen (secondary N) is 2. The molecule has 4 N–H and O–H groups in total. The van der Waals surface area contributed by atoms with Gasteiger partial charge in [0, 0.05) is 23.0 Å². The van der Waals surface area contributed by atoms with Gasteiger partial charge in [-0.05, 0) is 54.7 Å². The predicted octanol–water partition coefficient (Wildman–Crippen LogP) is 3.49. The SMILES string of the molecule is Cc1cc(O)c(C2NNC3C(=O)N(CCO)C(c4cccc(OCCC(C)C)c4)C32)cc1Cl. The van der Waals surface area contributed by atoms with E-state index >= 15 is 0 Å². The molecule has 178 valence electrons. The number of carbonyl (C=O) groups is 1. The summed E-state index contributed by atoms with van der Waals surface area (Å²) in [6.07, 6.45) is 0.955. The number of carbonyl (C=O) groups excluding carboxylic acids is 1. The monoisotopic (exact) mass is 473 g/mol. The number of phenolic OH excluding ortho intramolecular Hbond substituents is 1. The van der Waals surface area contributed by atoms with Crippen LogP contribution in [0.3, 0.4) is 0 Å². The first-order valence-electron chi connectivity index (χ1n) is 11.5. The Kier molecular flexibility index (Phi) is 7.14. The van der Waals surface area contributed by atoms with Gasteiger partial charge in [0.05, 0.1) is 25.3 Å². The molecule has 2 fully saturated rings. The molecule has 4 unspecified atom stereocenters. The third-order valence-corrected chi connectivity index (χ3v) is 6.97. The van der Waals surface area contributed by atoms with Crippen molar-refractivity contribution in [3.05, 3.63) is 58.1 Å². The maximum atomic E-state index is 13.3. The number of amides is 1. The Balaban J connectivity index is 1.70. The lowest BCUT2D eigenvalue weighted by Crippen LogP contribution is -2.42. The van der Waals surface area contributed by atoms with Gasteiger partial charge in [-0.2, -0.15) is 0 Å². The van der Waals surface area contributed by atoms with Crippen molar-refractivity contribution < 1.29 is 19.7 Å². The van der Waals surface area contributed by atoms with Crippen molar-refractivity contribution in [3.8, 4) is 11.5 Å². The van der Waals surface area contributed by atoms with Crippen molar-refractivity contribution in [2.75, 3.05) is 19.8 Å². The Labute approximate surface area is 199 Å². The predicted molar refractivity (Wildman–Crippen MR) is 127 cm³/mol. The number of phenols is 1. The lowest BCUT2D eigenvalue weighted by Gasteiger charge is -2.31. The minimum Gasteiger partial charge on any atom is -0.508 e. The van der Waals surface area contributed by atoms with E-state index in [-0.39, 0.29) is 42.8 Å². The van der Waals surface area contributed by atoms with Gasteiger partial charge in [0.15, 0.2) is 0 Å². The highest BCUT2D eigenvalue weighted by molar-refractivity contribution is 6.31. The Morgan fingerprint density at radius 2 is 1.94 bits per heavy atom. The second kappa shape index (κ2) is 9.89. The summed E-state index contributed by atoms with van der Waals surface area (Å²) in [4.78, 5) is 15.0. The topological polar surface area (TPSA) is 94.1 Å². The van der Waals surface area contributed by atoms with Crippen LogP contribution in [0.2, 0.25) is 5.02 Å². The summed E-state index contributed by atoms with van der Waals surface area (Å²) in [5, 5.41) is 20.9. The number of rotatable bonds is 8. The quantitative estimate of drug-likeness (QED) is 0.469. The van der Waals surface area contributed by atoms with E-state index in [9.17, 15) is 15.0 Å². The van der Waals surface area contributed by atoms with Gasteiger partial charge in [0.1, 0.15) is 17.5 Å². The normalized spacial score (nSPS) is 24.5. The van der Waals surface area contributed by atoms with Gasteiger partial charge >= 0.3 is 0 Å². The molecule has 4 atom stereocenters. The minimum absolute atomic E-state index is 0.0853. The summed E-state index contributed by atoms with van der Waals surface area (Å²) in [6, 6.07) is 10.1. The summed E-state index contributed by atoms with van der Waals surface area (Å²) in [7, 11) is 0. The maximum absolute atomic E-state index is 13.3. The van der Waals surface area contributed by atoms with Crippen LogP contribution in [0.4, 0.5) is 0 Å². The lowest BCUT2D eigenvalue weighted by molar-refractivity contribution is -0.131. The average Bonchev–Trinajstić information content (AvgIpc) is 3.30. The molecule has 7 nitrogen and oxygen atoms in total. The fourth-order valence-electron chi connectivity index (χ4n) is 4.85. The Hall–Kier alpha value is -2.32. The van der Waals surface area contributed by atoms with E-state index < -0.39 is 6.04 Å². The van der Waals surface area contributed by atoms with Crippen LogP contribution in [-0.4, -0.2) is 46.8 Å². The minimum atomic E-state index is -0.489. The number of halogens is 1. The van der Waals surface area contributed by atoms with Crippen LogP contribution in [0.5, 0.6) is 11.5 Å². The molecular weight excluding hydrogens is 442 g/mol. The molecule has 0 bridgehead atoms. The van der Waals surface area contributed by atoms with E-state index in [1.165, 1.54) is 0 Å². The van der Waals surface area contributed by atoms with E-state index in [0.29, 0.717) is 23.1 Å². The zero-order valence-electron chi connectivity index (χ0n) is 19.2. The summed E-state index contributed by atoms with van der Waals surface area (Å²) >= 11 is 6.37. The largest absolute Gasteiger partial charge is 0.508 e. The fraction of sp³-hybridized carbons (Fsp3) is 0.480. The molecule has 0 saturated carbocycles. The number of aryl methyl sites for hydroxylation is 1. The standard InChI is InChI=1S/C25H32ClN3O4/c1-14(2)7-10-33-17-6-4-5-16(12-17)24-21-22(18-13-19(26)15(3)11-20(18)31)27-28-23(21)25(32)29(24)8-9-30/h4-6,11-14,21-24,27-28,30-31H,7-10H2,1-3H3. The smallest absolute Gasteiger partial charge is 0.242 e. The number of aromatic hydroxyl groups is 1. The average molecular weight is 474 g/mol. The van der Waals surface area contributed by atoms with Crippen molar-refractivity contribution in [1.29, 1.82) is 0 Å². The van der Waals surface area contributed by atoms with Crippen molar-refractivity contribution in [2.45, 2.75) is 45.3 Å². The maximum Gasteiger partial charge on any atom is 0.242 e. The van der Waals surface area contributed by atoms with E-state index in [4.69, 9.17) is 16.3 Å². The molecule has 2 heterocycles. The number of aliphatic hydroxyl groups is 1. The van der Waals surface area contributed by atoms with E-state index in [2.05, 4.69) is 24.7 Å². The number of hydrogen-bond donors (Lipinski definition) is 4. The van der Waals surface area contributed by atoms with E-state index in [1.807, 2.05) is 31.2 Å². The third kappa shape index (κ3) is 4.68. The molecule has 1 amide bonds. The van der Waals surface area contributed by atoms with Gasteiger partial charge < -0.3 is 19.8 Å². The summed E-state index contributed by atoms with van der Waals surface area (Å²) in [5.41, 5.74) is 8.68. The highest BCUT2D eigenvalue weighted by atomic mass is 35.5. The number of nitrogens with zero attached hydrogens (tertiary/aromatic N) is 1. The van der Waals surface area contributed by atoms with Crippen LogP contribution in [0.15, 0.2) is 36.4 Å². The number of hydrazine groups is 1. The molecular formula is C25H32ClN3O4. The molecule has 2 aliphatic rings. The lowest BCUT2D eigenvalue weighted by atomic mass is 9.83.